The van der Waals surface area contributed by atoms with Crippen LogP contribution in [0.25, 0.3) is 0 Å². The Morgan fingerprint density at radius 1 is 1.15 bits per heavy atom. The molecule has 34 heavy (non-hydrogen) atoms. The number of carbonyl (C=O) groups excluding carboxylic acids is 2. The summed E-state index contributed by atoms with van der Waals surface area (Å²) >= 11 is 0. The standard InChI is InChI=1S/C27H34FN3O3/c1-19(32)22-5-2-6-25(15-22)29-27(33)30-26-18-34-13-11-23(26)17-31-12-3-4-21(16-31)14-20-7-9-24(28)10-8-20/h2,5-10,15,21,23,26H,3-4,11-14,16-18H2,1H3,(H2,29,30,33)/t21-,23-,26+/m0/s1. The summed E-state index contributed by atoms with van der Waals surface area (Å²) in [7, 11) is 0. The highest BCUT2D eigenvalue weighted by Gasteiger charge is 2.30. The fraction of sp³-hybridized carbons (Fsp3) is 0.481. The lowest BCUT2D eigenvalue weighted by atomic mass is 9.89. The quantitative estimate of drug-likeness (QED) is 0.588. The topological polar surface area (TPSA) is 70.7 Å². The number of nitrogens with one attached hydrogen (secondary N) is 2. The Balaban J connectivity index is 1.30. The molecule has 2 saturated heterocycles. The molecule has 2 amide bonds. The number of carbonyl (C=O) groups is 2. The summed E-state index contributed by atoms with van der Waals surface area (Å²) in [5.41, 5.74) is 2.35. The van der Waals surface area contributed by atoms with E-state index >= 15 is 0 Å². The van der Waals surface area contributed by atoms with E-state index < -0.39 is 0 Å². The van der Waals surface area contributed by atoms with Gasteiger partial charge >= 0.3 is 6.03 Å². The zero-order valence-corrected chi connectivity index (χ0v) is 19.8. The van der Waals surface area contributed by atoms with Gasteiger partial charge in [-0.15, -0.1) is 0 Å². The number of ether oxygens (including phenoxy) is 1. The number of rotatable bonds is 7. The maximum Gasteiger partial charge on any atom is 0.319 e. The third-order valence-corrected chi connectivity index (χ3v) is 6.88. The third kappa shape index (κ3) is 6.87. The zero-order valence-electron chi connectivity index (χ0n) is 19.8. The number of amides is 2. The van der Waals surface area contributed by atoms with Gasteiger partial charge < -0.3 is 20.3 Å². The van der Waals surface area contributed by atoms with Gasteiger partial charge in [-0.25, -0.2) is 9.18 Å². The summed E-state index contributed by atoms with van der Waals surface area (Å²) in [5.74, 6) is 0.640. The highest BCUT2D eigenvalue weighted by molar-refractivity contribution is 5.96. The van der Waals surface area contributed by atoms with Crippen LogP contribution in [0.3, 0.4) is 0 Å². The number of piperidine rings is 1. The molecule has 0 radical (unpaired) electrons. The summed E-state index contributed by atoms with van der Waals surface area (Å²) < 4.78 is 18.9. The van der Waals surface area contributed by atoms with Gasteiger partial charge in [0.1, 0.15) is 5.82 Å². The average Bonchev–Trinajstić information content (AvgIpc) is 2.82. The molecule has 2 aromatic rings. The van der Waals surface area contributed by atoms with Gasteiger partial charge in [-0.3, -0.25) is 4.79 Å². The second kappa shape index (κ2) is 11.6. The van der Waals surface area contributed by atoms with Crippen molar-refractivity contribution in [1.29, 1.82) is 0 Å². The molecule has 0 bridgehead atoms. The molecule has 2 N–H and O–H groups in total. The fourth-order valence-corrected chi connectivity index (χ4v) is 5.08. The smallest absolute Gasteiger partial charge is 0.319 e. The van der Waals surface area contributed by atoms with Crippen LogP contribution in [0.1, 0.15) is 42.1 Å². The molecule has 2 heterocycles. The van der Waals surface area contributed by atoms with E-state index in [0.717, 1.165) is 38.9 Å². The monoisotopic (exact) mass is 467 g/mol. The van der Waals surface area contributed by atoms with Crippen LogP contribution in [0.2, 0.25) is 0 Å². The minimum Gasteiger partial charge on any atom is -0.379 e. The van der Waals surface area contributed by atoms with Crippen molar-refractivity contribution in [2.24, 2.45) is 11.8 Å². The number of nitrogens with zero attached hydrogens (tertiary/aromatic N) is 1. The average molecular weight is 468 g/mol. The van der Waals surface area contributed by atoms with Crippen molar-refractivity contribution in [3.05, 3.63) is 65.5 Å². The van der Waals surface area contributed by atoms with Gasteiger partial charge in [-0.2, -0.15) is 0 Å². The molecular formula is C27H34FN3O3. The van der Waals surface area contributed by atoms with E-state index in [9.17, 15) is 14.0 Å². The molecule has 3 atom stereocenters. The molecule has 0 saturated carbocycles. The molecule has 4 rings (SSSR count). The molecule has 2 fully saturated rings. The van der Waals surface area contributed by atoms with E-state index in [1.165, 1.54) is 31.0 Å². The normalized spacial score (nSPS) is 23.3. The molecule has 6 nitrogen and oxygen atoms in total. The van der Waals surface area contributed by atoms with Gasteiger partial charge in [0.2, 0.25) is 0 Å². The minimum atomic E-state index is -0.283. The van der Waals surface area contributed by atoms with E-state index in [4.69, 9.17) is 4.74 Å². The van der Waals surface area contributed by atoms with E-state index in [1.807, 2.05) is 12.1 Å². The summed E-state index contributed by atoms with van der Waals surface area (Å²) in [6.45, 7) is 5.72. The number of urea groups is 1. The van der Waals surface area contributed by atoms with E-state index in [-0.39, 0.29) is 23.7 Å². The lowest BCUT2D eigenvalue weighted by Gasteiger charge is -2.39. The highest BCUT2D eigenvalue weighted by Crippen LogP contribution is 2.24. The molecule has 2 aromatic carbocycles. The zero-order chi connectivity index (χ0) is 23.9. The van der Waals surface area contributed by atoms with Crippen molar-refractivity contribution in [3.8, 4) is 0 Å². The number of hydrogen-bond acceptors (Lipinski definition) is 4. The van der Waals surface area contributed by atoms with Crippen LogP contribution in [0, 0.1) is 17.7 Å². The van der Waals surface area contributed by atoms with Gasteiger partial charge in [0.25, 0.3) is 0 Å². The number of halogens is 1. The van der Waals surface area contributed by atoms with E-state index in [1.54, 1.807) is 24.3 Å². The first-order chi connectivity index (χ1) is 16.5. The predicted molar refractivity (Wildman–Crippen MR) is 131 cm³/mol. The van der Waals surface area contributed by atoms with Crippen LogP contribution in [0.4, 0.5) is 14.9 Å². The van der Waals surface area contributed by atoms with Crippen molar-refractivity contribution in [2.45, 2.75) is 38.6 Å². The van der Waals surface area contributed by atoms with E-state index in [2.05, 4.69) is 15.5 Å². The van der Waals surface area contributed by atoms with Gasteiger partial charge in [-0.1, -0.05) is 24.3 Å². The Morgan fingerprint density at radius 2 is 1.97 bits per heavy atom. The number of likely N-dealkylation sites (tertiary alicyclic amines) is 1. The predicted octanol–water partition coefficient (Wildman–Crippen LogP) is 4.51. The van der Waals surface area contributed by atoms with Crippen LogP contribution >= 0.6 is 0 Å². The van der Waals surface area contributed by atoms with E-state index in [0.29, 0.717) is 36.3 Å². The number of anilines is 1. The maximum atomic E-state index is 13.2. The summed E-state index contributed by atoms with van der Waals surface area (Å²) in [6.07, 6.45) is 4.21. The Morgan fingerprint density at radius 3 is 2.76 bits per heavy atom. The number of Topliss-reactive ketones (excluding diaryl/α,β-unsaturated/α-hetero) is 1. The minimum absolute atomic E-state index is 0.0379. The first-order valence-electron chi connectivity index (χ1n) is 12.2. The van der Waals surface area contributed by atoms with Crippen LogP contribution in [0.15, 0.2) is 48.5 Å². The number of hydrogen-bond donors (Lipinski definition) is 2. The lowest BCUT2D eigenvalue weighted by molar-refractivity contribution is 0.0215. The number of benzene rings is 2. The van der Waals surface area contributed by atoms with Crippen molar-refractivity contribution in [2.75, 3.05) is 38.2 Å². The van der Waals surface area contributed by atoms with Gasteiger partial charge in [0.05, 0.1) is 12.6 Å². The van der Waals surface area contributed by atoms with Gasteiger partial charge in [0, 0.05) is 30.9 Å². The Bertz CT molecular complexity index is 981. The Kier molecular flexibility index (Phi) is 8.29. The van der Waals surface area contributed by atoms with Gasteiger partial charge in [0.15, 0.2) is 5.78 Å². The van der Waals surface area contributed by atoms with Crippen LogP contribution < -0.4 is 10.6 Å². The number of ketones is 1. The van der Waals surface area contributed by atoms with Crippen molar-refractivity contribution >= 4 is 17.5 Å². The largest absolute Gasteiger partial charge is 0.379 e. The second-order valence-electron chi connectivity index (χ2n) is 9.56. The molecule has 0 aromatic heterocycles. The van der Waals surface area contributed by atoms with Gasteiger partial charge in [-0.05, 0) is 80.8 Å². The summed E-state index contributed by atoms with van der Waals surface area (Å²) in [4.78, 5) is 26.8. The highest BCUT2D eigenvalue weighted by atomic mass is 19.1. The third-order valence-electron chi connectivity index (χ3n) is 6.88. The Labute approximate surface area is 200 Å². The Hall–Kier alpha value is -2.77. The lowest BCUT2D eigenvalue weighted by Crippen LogP contribution is -2.52. The first kappa shape index (κ1) is 24.4. The molecule has 0 aliphatic carbocycles. The van der Waals surface area contributed by atoms with Crippen LogP contribution in [0.5, 0.6) is 0 Å². The second-order valence-corrected chi connectivity index (χ2v) is 9.56. The fourth-order valence-electron chi connectivity index (χ4n) is 5.08. The molecule has 182 valence electrons. The van der Waals surface area contributed by atoms with Crippen LogP contribution in [-0.4, -0.2) is 55.6 Å². The molecule has 2 aliphatic rings. The molecule has 7 heteroatoms. The van der Waals surface area contributed by atoms with Crippen molar-refractivity contribution in [3.63, 3.8) is 0 Å². The SMILES string of the molecule is CC(=O)c1cccc(NC(=O)N[C@@H]2COCC[C@H]2CN2CCC[C@@H](Cc3ccc(F)cc3)C2)c1. The maximum absolute atomic E-state index is 13.2. The molecular weight excluding hydrogens is 433 g/mol. The molecule has 2 aliphatic heterocycles. The summed E-state index contributed by atoms with van der Waals surface area (Å²) in [6, 6.07) is 13.5. The van der Waals surface area contributed by atoms with Crippen molar-refractivity contribution in [1.82, 2.24) is 10.2 Å². The molecule has 0 unspecified atom stereocenters. The summed E-state index contributed by atoms with van der Waals surface area (Å²) in [5, 5.41) is 5.94. The van der Waals surface area contributed by atoms with Crippen molar-refractivity contribution < 1.29 is 18.7 Å². The molecule has 0 spiro atoms. The first-order valence-corrected chi connectivity index (χ1v) is 12.2. The van der Waals surface area contributed by atoms with Crippen LogP contribution in [-0.2, 0) is 11.2 Å².